The van der Waals surface area contributed by atoms with Crippen LogP contribution < -0.4 is 5.73 Å². The molecule has 22 heteroatoms. The van der Waals surface area contributed by atoms with E-state index in [1.807, 2.05) is 19.0 Å². The first kappa shape index (κ1) is 38.9. The number of aliphatic carboxylic acids is 3. The Balaban J connectivity index is 0. The lowest BCUT2D eigenvalue weighted by Crippen LogP contribution is -2.55. The van der Waals surface area contributed by atoms with Crippen LogP contribution in [-0.2, 0) is 24.6 Å². The van der Waals surface area contributed by atoms with Crippen molar-refractivity contribution in [2.75, 3.05) is 47.3 Å². The molecule has 0 aromatic rings. The van der Waals surface area contributed by atoms with Crippen molar-refractivity contribution in [2.45, 2.75) is 37.1 Å². The normalized spacial score (nSPS) is 20.1. The summed E-state index contributed by atoms with van der Waals surface area (Å²) in [6.07, 6.45) is -9.44. The fourth-order valence-electron chi connectivity index (χ4n) is 2.86. The number of hydrogen-bond acceptors (Lipinski definition) is 9. The van der Waals surface area contributed by atoms with E-state index in [4.69, 9.17) is 35.6 Å². The largest absolute Gasteiger partial charge is 0.490 e. The number of rotatable bonds is 10. The van der Waals surface area contributed by atoms with Crippen molar-refractivity contribution in [3.8, 4) is 0 Å². The average molecular weight is 608 g/mol. The fourth-order valence-corrected chi connectivity index (χ4v) is 4.31. The molecule has 7 N–H and O–H groups in total. The summed E-state index contributed by atoms with van der Waals surface area (Å²) in [4.78, 5) is 31.3. The van der Waals surface area contributed by atoms with E-state index in [-0.39, 0.29) is 26.0 Å². The van der Waals surface area contributed by atoms with Gasteiger partial charge in [0.05, 0.1) is 0 Å². The molecule has 230 valence electrons. The monoisotopic (exact) mass is 608 g/mol. The minimum absolute atomic E-state index is 0.00103. The Kier molecular flexibility index (Phi) is 15.5. The van der Waals surface area contributed by atoms with Crippen LogP contribution >= 0.6 is 0 Å². The summed E-state index contributed by atoms with van der Waals surface area (Å²) >= 11 is 0. The van der Waals surface area contributed by atoms with Gasteiger partial charge in [0.15, 0.2) is 0 Å². The molecule has 0 aliphatic carbocycles. The molecule has 0 aromatic carbocycles. The standard InChI is InChI=1S/C13H29BN4O6S.2C2HF3O2/c1-16(2)7-8-17(3)25(23,24)18-9-11(5-4-6-14(21)22)13(15,10-18)12(19)20;2*3-2(4,5)1(6)7/h11,21-22H,4-10,15H2,1-3H3,(H,19,20);2*(H,6,7)/t11-,13-;;/m0../s1. The highest BCUT2D eigenvalue weighted by Crippen LogP contribution is 2.32. The number of carboxylic acids is 3. The van der Waals surface area contributed by atoms with Crippen LogP contribution in [0.2, 0.25) is 6.32 Å². The van der Waals surface area contributed by atoms with Crippen molar-refractivity contribution in [2.24, 2.45) is 11.7 Å². The molecule has 0 radical (unpaired) electrons. The molecule has 1 heterocycles. The number of alkyl halides is 6. The number of carboxylic acid groups (broad SMARTS) is 3. The molecular weight excluding hydrogens is 577 g/mol. The van der Waals surface area contributed by atoms with Crippen LogP contribution in [0.5, 0.6) is 0 Å². The molecule has 0 amide bonds. The van der Waals surface area contributed by atoms with E-state index in [1.165, 1.54) is 11.4 Å². The first-order valence-electron chi connectivity index (χ1n) is 10.6. The van der Waals surface area contributed by atoms with Crippen LogP contribution in [0.1, 0.15) is 12.8 Å². The first-order valence-corrected chi connectivity index (χ1v) is 12.0. The second-order valence-electron chi connectivity index (χ2n) is 8.48. The maximum atomic E-state index is 12.7. The van der Waals surface area contributed by atoms with Crippen LogP contribution in [0.25, 0.3) is 0 Å². The Morgan fingerprint density at radius 1 is 0.974 bits per heavy atom. The lowest BCUT2D eigenvalue weighted by Gasteiger charge is -2.26. The van der Waals surface area contributed by atoms with Gasteiger partial charge in [0.1, 0.15) is 5.54 Å². The van der Waals surface area contributed by atoms with Gasteiger partial charge in [-0.3, -0.25) is 4.79 Å². The highest BCUT2D eigenvalue weighted by atomic mass is 32.2. The molecule has 0 aromatic heterocycles. The smallest absolute Gasteiger partial charge is 0.480 e. The van der Waals surface area contributed by atoms with Crippen LogP contribution in [0, 0.1) is 5.92 Å². The summed E-state index contributed by atoms with van der Waals surface area (Å²) in [5.74, 6) is -7.36. The van der Waals surface area contributed by atoms with Gasteiger partial charge in [0.25, 0.3) is 10.2 Å². The van der Waals surface area contributed by atoms with E-state index in [9.17, 15) is 44.7 Å². The lowest BCUT2D eigenvalue weighted by molar-refractivity contribution is -0.193. The zero-order valence-corrected chi connectivity index (χ0v) is 21.8. The maximum absolute atomic E-state index is 12.7. The molecule has 1 fully saturated rings. The predicted octanol–water partition coefficient (Wildman–Crippen LogP) is -1.04. The van der Waals surface area contributed by atoms with Gasteiger partial charge in [0, 0.05) is 39.1 Å². The number of nitrogens with zero attached hydrogens (tertiary/aromatic N) is 3. The lowest BCUT2D eigenvalue weighted by atomic mass is 9.78. The fraction of sp³-hybridized carbons (Fsp3) is 0.824. The van der Waals surface area contributed by atoms with Gasteiger partial charge in [-0.2, -0.15) is 43.4 Å². The molecule has 2 atom stereocenters. The van der Waals surface area contributed by atoms with Crippen LogP contribution in [-0.4, -0.2) is 138 Å². The Hall–Kier alpha value is -2.24. The molecule has 0 saturated carbocycles. The Morgan fingerprint density at radius 2 is 1.38 bits per heavy atom. The van der Waals surface area contributed by atoms with Crippen molar-refractivity contribution in [3.63, 3.8) is 0 Å². The van der Waals surface area contributed by atoms with E-state index >= 15 is 0 Å². The summed E-state index contributed by atoms with van der Waals surface area (Å²) in [6, 6.07) is 0. The number of halogens is 6. The molecule has 0 bridgehead atoms. The predicted molar refractivity (Wildman–Crippen MR) is 121 cm³/mol. The molecule has 39 heavy (non-hydrogen) atoms. The van der Waals surface area contributed by atoms with Gasteiger partial charge in [0.2, 0.25) is 0 Å². The van der Waals surface area contributed by atoms with Gasteiger partial charge < -0.3 is 36.0 Å². The van der Waals surface area contributed by atoms with Crippen molar-refractivity contribution in [3.05, 3.63) is 0 Å². The van der Waals surface area contributed by atoms with Gasteiger partial charge in [-0.15, -0.1) is 0 Å². The van der Waals surface area contributed by atoms with Gasteiger partial charge in [-0.25, -0.2) is 9.59 Å². The Morgan fingerprint density at radius 3 is 1.69 bits per heavy atom. The maximum Gasteiger partial charge on any atom is 0.490 e. The summed E-state index contributed by atoms with van der Waals surface area (Å²) < 4.78 is 91.1. The molecule has 0 unspecified atom stereocenters. The van der Waals surface area contributed by atoms with E-state index in [0.29, 0.717) is 19.4 Å². The minimum atomic E-state index is -5.08. The summed E-state index contributed by atoms with van der Waals surface area (Å²) in [6.45, 7) is 0.508. The summed E-state index contributed by atoms with van der Waals surface area (Å²) in [5, 5.41) is 41.6. The number of hydrogen-bond donors (Lipinski definition) is 6. The van der Waals surface area contributed by atoms with Crippen molar-refractivity contribution in [1.82, 2.24) is 13.5 Å². The van der Waals surface area contributed by atoms with Crippen molar-refractivity contribution in [1.29, 1.82) is 0 Å². The summed E-state index contributed by atoms with van der Waals surface area (Å²) in [5.41, 5.74) is 4.33. The van der Waals surface area contributed by atoms with Crippen LogP contribution in [0.4, 0.5) is 26.3 Å². The topological polar surface area (TPSA) is 222 Å². The molecule has 14 nitrogen and oxygen atoms in total. The molecular formula is C17H31BF6N4O10S. The molecule has 0 spiro atoms. The molecule has 1 rings (SSSR count). The third-order valence-corrected chi connectivity index (χ3v) is 6.97. The SMILES string of the molecule is CN(C)CCN(C)S(=O)(=O)N1C[C@H](CCCB(O)O)[C@](N)(C(=O)O)C1.O=C(O)C(F)(F)F.O=C(O)C(F)(F)F. The van der Waals surface area contributed by atoms with E-state index in [2.05, 4.69) is 0 Å². The Bertz CT molecular complexity index is 899. The van der Waals surface area contributed by atoms with Gasteiger partial charge >= 0.3 is 37.4 Å². The minimum Gasteiger partial charge on any atom is -0.480 e. The van der Waals surface area contributed by atoms with E-state index < -0.39 is 59.0 Å². The number of likely N-dealkylation sites (N-methyl/N-ethyl adjacent to an activating group) is 2. The highest BCUT2D eigenvalue weighted by Gasteiger charge is 2.52. The highest BCUT2D eigenvalue weighted by molar-refractivity contribution is 7.86. The number of nitrogens with two attached hydrogens (primary N) is 1. The quantitative estimate of drug-likeness (QED) is 0.129. The molecule has 1 aliphatic heterocycles. The van der Waals surface area contributed by atoms with Crippen molar-refractivity contribution < 1.29 is 74.5 Å². The van der Waals surface area contributed by atoms with E-state index in [1.54, 1.807) is 0 Å². The third-order valence-electron chi connectivity index (χ3n) is 5.07. The van der Waals surface area contributed by atoms with Gasteiger partial charge in [-0.1, -0.05) is 6.42 Å². The first-order chi connectivity index (χ1) is 17.3. The molecule has 1 aliphatic rings. The van der Waals surface area contributed by atoms with E-state index in [0.717, 1.165) is 4.31 Å². The second kappa shape index (κ2) is 15.5. The van der Waals surface area contributed by atoms with Crippen LogP contribution in [0.15, 0.2) is 0 Å². The van der Waals surface area contributed by atoms with Crippen LogP contribution in [0.3, 0.4) is 0 Å². The zero-order chi connectivity index (χ0) is 31.6. The second-order valence-corrected chi connectivity index (χ2v) is 10.5. The zero-order valence-electron chi connectivity index (χ0n) is 21.0. The third kappa shape index (κ3) is 14.1. The van der Waals surface area contributed by atoms with Crippen molar-refractivity contribution >= 4 is 35.2 Å². The molecule has 1 saturated heterocycles. The van der Waals surface area contributed by atoms with Gasteiger partial charge in [-0.05, 0) is 26.8 Å². The Labute approximate surface area is 219 Å². The average Bonchev–Trinajstić information content (AvgIpc) is 3.10. The summed E-state index contributed by atoms with van der Waals surface area (Å²) in [7, 11) is -0.179. The number of carbonyl (C=O) groups is 3.